The maximum absolute atomic E-state index is 10.2. The lowest BCUT2D eigenvalue weighted by Gasteiger charge is -2.05. The largest absolute Gasteiger partial charge is 0.480 e. The SMILES string of the molecule is NCCNCCC(N)C(=O)O.O=[N+]([O-])O. The number of rotatable bonds is 6. The summed E-state index contributed by atoms with van der Waals surface area (Å²) in [5.41, 5.74) is 10.4. The molecule has 9 nitrogen and oxygen atoms in total. The molecule has 0 rings (SSSR count). The van der Waals surface area contributed by atoms with E-state index in [1.54, 1.807) is 0 Å². The minimum atomic E-state index is -1.50. The van der Waals surface area contributed by atoms with Gasteiger partial charge in [0.1, 0.15) is 6.04 Å². The van der Waals surface area contributed by atoms with Crippen molar-refractivity contribution < 1.29 is 20.2 Å². The second kappa shape index (κ2) is 10.6. The highest BCUT2D eigenvalue weighted by Gasteiger charge is 2.09. The normalized spacial score (nSPS) is 11.1. The van der Waals surface area contributed by atoms with Crippen LogP contribution in [0, 0.1) is 10.1 Å². The van der Waals surface area contributed by atoms with Crippen molar-refractivity contribution in [1.82, 2.24) is 5.32 Å². The number of nitrogens with two attached hydrogens (primary N) is 2. The van der Waals surface area contributed by atoms with Crippen molar-refractivity contribution in [3.05, 3.63) is 10.1 Å². The van der Waals surface area contributed by atoms with Crippen molar-refractivity contribution in [2.45, 2.75) is 12.5 Å². The van der Waals surface area contributed by atoms with E-state index in [9.17, 15) is 4.79 Å². The van der Waals surface area contributed by atoms with Gasteiger partial charge in [0.2, 0.25) is 0 Å². The smallest absolute Gasteiger partial charge is 0.320 e. The predicted octanol–water partition coefficient (Wildman–Crippen LogP) is -2.01. The van der Waals surface area contributed by atoms with Gasteiger partial charge in [-0.05, 0) is 13.0 Å². The molecule has 0 fully saturated rings. The Labute approximate surface area is 86.2 Å². The quantitative estimate of drug-likeness (QED) is 0.196. The summed E-state index contributed by atoms with van der Waals surface area (Å²) in [5, 5.41) is 25.0. The van der Waals surface area contributed by atoms with Gasteiger partial charge in [0.25, 0.3) is 5.09 Å². The molecule has 0 amide bonds. The number of nitrogens with one attached hydrogen (secondary N) is 1. The molecule has 0 aliphatic heterocycles. The molecule has 1 unspecified atom stereocenters. The summed E-state index contributed by atoms with van der Waals surface area (Å²) in [6.45, 7) is 1.86. The van der Waals surface area contributed by atoms with Crippen molar-refractivity contribution in [1.29, 1.82) is 0 Å². The zero-order chi connectivity index (χ0) is 12.3. The number of aliphatic carboxylic acids is 1. The van der Waals surface area contributed by atoms with Crippen LogP contribution in [-0.4, -0.2) is 47.0 Å². The third kappa shape index (κ3) is 19.1. The Hall–Kier alpha value is -1.45. The van der Waals surface area contributed by atoms with E-state index in [1.807, 2.05) is 0 Å². The Balaban J connectivity index is 0. The molecule has 0 spiro atoms. The molecule has 0 bridgehead atoms. The number of hydrogen-bond acceptors (Lipinski definition) is 6. The van der Waals surface area contributed by atoms with Crippen LogP contribution in [0.2, 0.25) is 0 Å². The van der Waals surface area contributed by atoms with Crippen LogP contribution in [0.15, 0.2) is 0 Å². The van der Waals surface area contributed by atoms with Gasteiger partial charge < -0.3 is 27.1 Å². The van der Waals surface area contributed by atoms with Gasteiger partial charge in [0.15, 0.2) is 0 Å². The lowest BCUT2D eigenvalue weighted by molar-refractivity contribution is -0.742. The summed E-state index contributed by atoms with van der Waals surface area (Å²) >= 11 is 0. The first-order valence-electron chi connectivity index (χ1n) is 4.14. The van der Waals surface area contributed by atoms with Crippen molar-refractivity contribution in [3.63, 3.8) is 0 Å². The van der Waals surface area contributed by atoms with Gasteiger partial charge in [0, 0.05) is 13.1 Å². The molecule has 0 heterocycles. The number of carboxylic acid groups (broad SMARTS) is 1. The molecule has 1 atom stereocenters. The summed E-state index contributed by atoms with van der Waals surface area (Å²) in [6.07, 6.45) is 0.440. The van der Waals surface area contributed by atoms with Crippen LogP contribution < -0.4 is 16.8 Å². The first kappa shape index (κ1) is 16.0. The molecular formula is C6H16N4O5. The Kier molecular flexibility index (Phi) is 11.3. The average molecular weight is 224 g/mol. The molecule has 90 valence electrons. The van der Waals surface area contributed by atoms with Crippen LogP contribution in [0.4, 0.5) is 0 Å². The van der Waals surface area contributed by atoms with E-state index < -0.39 is 17.1 Å². The fourth-order valence-electron chi connectivity index (χ4n) is 0.608. The molecule has 0 aliphatic rings. The molecule has 9 heteroatoms. The van der Waals surface area contributed by atoms with Gasteiger partial charge in [-0.3, -0.25) is 4.79 Å². The van der Waals surface area contributed by atoms with Crippen LogP contribution in [-0.2, 0) is 4.79 Å². The molecule has 0 saturated carbocycles. The maximum atomic E-state index is 10.2. The van der Waals surface area contributed by atoms with Crippen LogP contribution in [0.25, 0.3) is 0 Å². The zero-order valence-corrected chi connectivity index (χ0v) is 8.13. The van der Waals surface area contributed by atoms with Crippen LogP contribution in [0.5, 0.6) is 0 Å². The summed E-state index contributed by atoms with van der Waals surface area (Å²) in [7, 11) is 0. The summed E-state index contributed by atoms with van der Waals surface area (Å²) < 4.78 is 0. The summed E-state index contributed by atoms with van der Waals surface area (Å²) in [6, 6.07) is -0.764. The minimum absolute atomic E-state index is 0.440. The monoisotopic (exact) mass is 224 g/mol. The van der Waals surface area contributed by atoms with E-state index in [0.29, 0.717) is 26.1 Å². The lowest BCUT2D eigenvalue weighted by atomic mass is 10.2. The Morgan fingerprint density at radius 1 is 1.53 bits per heavy atom. The second-order valence-electron chi connectivity index (χ2n) is 2.51. The van der Waals surface area contributed by atoms with Gasteiger partial charge >= 0.3 is 5.97 Å². The maximum Gasteiger partial charge on any atom is 0.320 e. The molecule has 15 heavy (non-hydrogen) atoms. The average Bonchev–Trinajstić information content (AvgIpc) is 2.11. The highest BCUT2D eigenvalue weighted by atomic mass is 16.9. The minimum Gasteiger partial charge on any atom is -0.480 e. The topological polar surface area (TPSA) is 165 Å². The van der Waals surface area contributed by atoms with Gasteiger partial charge in [-0.25, -0.2) is 0 Å². The number of carboxylic acids is 1. The molecule has 0 radical (unpaired) electrons. The van der Waals surface area contributed by atoms with Crippen molar-refractivity contribution in [3.8, 4) is 0 Å². The highest BCUT2D eigenvalue weighted by molar-refractivity contribution is 5.72. The van der Waals surface area contributed by atoms with Gasteiger partial charge in [-0.2, -0.15) is 0 Å². The Bertz CT molecular complexity index is 184. The standard InChI is InChI=1S/C6H15N3O2.HNO3/c7-2-4-9-3-1-5(8)6(10)11;2-1(3)4/h5,9H,1-4,7-8H2,(H,10,11);(H,2,3,4). The number of nitrogens with zero attached hydrogens (tertiary/aromatic N) is 1. The van der Waals surface area contributed by atoms with Crippen molar-refractivity contribution >= 4 is 5.97 Å². The number of carbonyl (C=O) groups is 1. The fourth-order valence-corrected chi connectivity index (χ4v) is 0.608. The molecule has 0 aliphatic carbocycles. The molecular weight excluding hydrogens is 208 g/mol. The van der Waals surface area contributed by atoms with Crippen LogP contribution >= 0.6 is 0 Å². The van der Waals surface area contributed by atoms with E-state index >= 15 is 0 Å². The van der Waals surface area contributed by atoms with Crippen molar-refractivity contribution in [2.75, 3.05) is 19.6 Å². The van der Waals surface area contributed by atoms with E-state index in [-0.39, 0.29) is 0 Å². The van der Waals surface area contributed by atoms with E-state index in [0.717, 1.165) is 0 Å². The van der Waals surface area contributed by atoms with Crippen LogP contribution in [0.1, 0.15) is 6.42 Å². The summed E-state index contributed by atoms with van der Waals surface area (Å²) in [4.78, 5) is 18.5. The first-order valence-corrected chi connectivity index (χ1v) is 4.14. The Morgan fingerprint density at radius 3 is 2.33 bits per heavy atom. The molecule has 0 saturated heterocycles. The van der Waals surface area contributed by atoms with E-state index in [2.05, 4.69) is 5.32 Å². The predicted molar refractivity (Wildman–Crippen MR) is 50.9 cm³/mol. The Morgan fingerprint density at radius 2 is 2.00 bits per heavy atom. The third-order valence-electron chi connectivity index (χ3n) is 1.27. The molecule has 7 N–H and O–H groups in total. The number of hydrogen-bond donors (Lipinski definition) is 5. The third-order valence-corrected chi connectivity index (χ3v) is 1.27. The molecule has 0 aromatic heterocycles. The van der Waals surface area contributed by atoms with Crippen molar-refractivity contribution in [2.24, 2.45) is 11.5 Å². The zero-order valence-electron chi connectivity index (χ0n) is 8.13. The fraction of sp³-hybridized carbons (Fsp3) is 0.833. The van der Waals surface area contributed by atoms with E-state index in [1.165, 1.54) is 0 Å². The first-order chi connectivity index (χ1) is 6.91. The van der Waals surface area contributed by atoms with Gasteiger partial charge in [-0.1, -0.05) is 0 Å². The summed E-state index contributed by atoms with van der Waals surface area (Å²) in [5.74, 6) is -0.959. The van der Waals surface area contributed by atoms with Crippen LogP contribution in [0.3, 0.4) is 0 Å². The van der Waals surface area contributed by atoms with Gasteiger partial charge in [-0.15, -0.1) is 10.1 Å². The molecule has 0 aromatic carbocycles. The molecule has 0 aromatic rings. The van der Waals surface area contributed by atoms with Gasteiger partial charge in [0.05, 0.1) is 0 Å². The second-order valence-corrected chi connectivity index (χ2v) is 2.51. The highest BCUT2D eigenvalue weighted by Crippen LogP contribution is 1.84. The van der Waals surface area contributed by atoms with E-state index in [4.69, 9.17) is 31.9 Å². The lowest BCUT2D eigenvalue weighted by Crippen LogP contribution is -2.34.